The van der Waals surface area contributed by atoms with Crippen molar-refractivity contribution in [3.63, 3.8) is 0 Å². The van der Waals surface area contributed by atoms with Crippen LogP contribution in [-0.4, -0.2) is 22.4 Å². The third-order valence-corrected chi connectivity index (χ3v) is 5.51. The van der Waals surface area contributed by atoms with Crippen LogP contribution in [0, 0.1) is 0 Å². The van der Waals surface area contributed by atoms with Gasteiger partial charge in [-0.25, -0.2) is 4.79 Å². The topological polar surface area (TPSA) is 59.0 Å². The molecule has 1 aromatic carbocycles. The van der Waals surface area contributed by atoms with Crippen molar-refractivity contribution >= 4 is 6.03 Å². The summed E-state index contributed by atoms with van der Waals surface area (Å²) in [5, 5.41) is 10.6. The molecule has 0 radical (unpaired) electrons. The van der Waals surface area contributed by atoms with Gasteiger partial charge < -0.3 is 10.6 Å². The van der Waals surface area contributed by atoms with Crippen molar-refractivity contribution < 1.29 is 4.79 Å². The lowest BCUT2D eigenvalue weighted by atomic mass is 9.93. The van der Waals surface area contributed by atoms with Gasteiger partial charge in [0.2, 0.25) is 0 Å². The van der Waals surface area contributed by atoms with Crippen molar-refractivity contribution in [2.24, 2.45) is 7.05 Å². The number of urea groups is 1. The number of hydrogen-bond acceptors (Lipinski definition) is 2. The van der Waals surface area contributed by atoms with Crippen molar-refractivity contribution in [3.05, 3.63) is 53.3 Å². The average molecular weight is 324 g/mol. The van der Waals surface area contributed by atoms with Crippen LogP contribution < -0.4 is 10.6 Å². The lowest BCUT2D eigenvalue weighted by molar-refractivity contribution is 0.234. The Kier molecular flexibility index (Phi) is 3.79. The van der Waals surface area contributed by atoms with Crippen LogP contribution in [0.4, 0.5) is 4.79 Å². The van der Waals surface area contributed by atoms with E-state index in [0.29, 0.717) is 6.54 Å². The number of hydrogen-bond donors (Lipinski definition) is 2. The second-order valence-corrected chi connectivity index (χ2v) is 7.09. The highest BCUT2D eigenvalue weighted by atomic mass is 16.2. The summed E-state index contributed by atoms with van der Waals surface area (Å²) in [5.74, 6) is 0. The molecule has 4 rings (SSSR count). The fourth-order valence-corrected chi connectivity index (χ4v) is 3.82. The number of aromatic nitrogens is 2. The fraction of sp³-hybridized carbons (Fsp3) is 0.474. The van der Waals surface area contributed by atoms with Crippen LogP contribution in [0.15, 0.2) is 36.5 Å². The smallest absolute Gasteiger partial charge is 0.315 e. The van der Waals surface area contributed by atoms with E-state index in [1.807, 2.05) is 24.0 Å². The van der Waals surface area contributed by atoms with Crippen molar-refractivity contribution in [3.8, 4) is 0 Å². The van der Waals surface area contributed by atoms with Gasteiger partial charge in [0.1, 0.15) is 0 Å². The molecule has 24 heavy (non-hydrogen) atoms. The Morgan fingerprint density at radius 3 is 2.88 bits per heavy atom. The van der Waals surface area contributed by atoms with Crippen molar-refractivity contribution in [2.45, 2.75) is 43.6 Å². The first-order chi connectivity index (χ1) is 11.7. The second-order valence-electron chi connectivity index (χ2n) is 7.09. The summed E-state index contributed by atoms with van der Waals surface area (Å²) in [6.45, 7) is 0.704. The Balaban J connectivity index is 1.37. The number of amides is 2. The first-order valence-electron chi connectivity index (χ1n) is 8.79. The maximum Gasteiger partial charge on any atom is 0.315 e. The molecule has 2 aliphatic carbocycles. The van der Waals surface area contributed by atoms with Crippen molar-refractivity contribution in [1.82, 2.24) is 20.4 Å². The maximum atomic E-state index is 12.4. The number of carbonyl (C=O) groups is 1. The van der Waals surface area contributed by atoms with Crippen LogP contribution >= 0.6 is 0 Å². The first kappa shape index (κ1) is 15.2. The predicted molar refractivity (Wildman–Crippen MR) is 92.8 cm³/mol. The molecule has 2 N–H and O–H groups in total. The van der Waals surface area contributed by atoms with Crippen LogP contribution in [0.1, 0.15) is 48.5 Å². The van der Waals surface area contributed by atoms with E-state index in [9.17, 15) is 4.79 Å². The molecule has 0 aliphatic heterocycles. The first-order valence-corrected chi connectivity index (χ1v) is 8.79. The van der Waals surface area contributed by atoms with E-state index in [-0.39, 0.29) is 17.5 Å². The number of nitrogens with zero attached hydrogens (tertiary/aromatic N) is 2. The van der Waals surface area contributed by atoms with Gasteiger partial charge in [-0.3, -0.25) is 4.68 Å². The van der Waals surface area contributed by atoms with Gasteiger partial charge in [0, 0.05) is 30.3 Å². The summed E-state index contributed by atoms with van der Waals surface area (Å²) in [4.78, 5) is 12.4. The molecule has 1 fully saturated rings. The third kappa shape index (κ3) is 2.79. The van der Waals surface area contributed by atoms with Gasteiger partial charge in [-0.15, -0.1) is 0 Å². The SMILES string of the molecule is Cn1ncc2c1CCC[C@H]2NC(=O)NCC1(c2ccccc2)CC1. The van der Waals surface area contributed by atoms with E-state index in [1.54, 1.807) is 0 Å². The molecule has 1 atom stereocenters. The lowest BCUT2D eigenvalue weighted by Crippen LogP contribution is -2.42. The van der Waals surface area contributed by atoms with Crippen LogP contribution in [0.3, 0.4) is 0 Å². The summed E-state index contributed by atoms with van der Waals surface area (Å²) >= 11 is 0. The molecule has 1 aromatic heterocycles. The molecular weight excluding hydrogens is 300 g/mol. The molecule has 0 bridgehead atoms. The van der Waals surface area contributed by atoms with E-state index in [2.05, 4.69) is 40.0 Å². The Bertz CT molecular complexity index is 733. The molecule has 0 unspecified atom stereocenters. The van der Waals surface area contributed by atoms with Gasteiger partial charge in [0.15, 0.2) is 0 Å². The van der Waals surface area contributed by atoms with Gasteiger partial charge in [0.05, 0.1) is 12.2 Å². The molecule has 126 valence electrons. The fourth-order valence-electron chi connectivity index (χ4n) is 3.82. The molecule has 2 aromatic rings. The predicted octanol–water partition coefficient (Wildman–Crippen LogP) is 2.83. The van der Waals surface area contributed by atoms with Crippen molar-refractivity contribution in [2.75, 3.05) is 6.54 Å². The summed E-state index contributed by atoms with van der Waals surface area (Å²) in [6, 6.07) is 10.5. The highest BCUT2D eigenvalue weighted by Gasteiger charge is 2.44. The average Bonchev–Trinajstić information content (AvgIpc) is 3.32. The number of fused-ring (bicyclic) bond motifs is 1. The zero-order valence-electron chi connectivity index (χ0n) is 14.1. The molecule has 1 saturated carbocycles. The highest BCUT2D eigenvalue weighted by molar-refractivity contribution is 5.74. The van der Waals surface area contributed by atoms with E-state index in [4.69, 9.17) is 0 Å². The number of carbonyl (C=O) groups excluding carboxylic acids is 1. The molecule has 5 nitrogen and oxygen atoms in total. The Hall–Kier alpha value is -2.30. The Morgan fingerprint density at radius 2 is 2.12 bits per heavy atom. The maximum absolute atomic E-state index is 12.4. The minimum Gasteiger partial charge on any atom is -0.337 e. The van der Waals surface area contributed by atoms with E-state index in [0.717, 1.165) is 32.1 Å². The zero-order valence-corrected chi connectivity index (χ0v) is 14.1. The van der Waals surface area contributed by atoms with Gasteiger partial charge in [-0.1, -0.05) is 30.3 Å². The summed E-state index contributed by atoms with van der Waals surface area (Å²) in [5.41, 5.74) is 3.89. The second kappa shape index (κ2) is 5.96. The number of benzene rings is 1. The molecule has 2 amide bonds. The van der Waals surface area contributed by atoms with Crippen LogP contribution in [0.5, 0.6) is 0 Å². The van der Waals surface area contributed by atoms with Crippen LogP contribution in [-0.2, 0) is 18.9 Å². The van der Waals surface area contributed by atoms with Gasteiger partial charge in [-0.2, -0.15) is 5.10 Å². The van der Waals surface area contributed by atoms with E-state index < -0.39 is 0 Å². The van der Waals surface area contributed by atoms with Gasteiger partial charge >= 0.3 is 6.03 Å². The normalized spacial score (nSPS) is 21.0. The summed E-state index contributed by atoms with van der Waals surface area (Å²) < 4.78 is 1.93. The van der Waals surface area contributed by atoms with Gasteiger partial charge in [0.25, 0.3) is 0 Å². The summed E-state index contributed by atoms with van der Waals surface area (Å²) in [6.07, 6.45) is 7.30. The highest BCUT2D eigenvalue weighted by Crippen LogP contribution is 2.47. The lowest BCUT2D eigenvalue weighted by Gasteiger charge is -2.24. The Morgan fingerprint density at radius 1 is 1.33 bits per heavy atom. The zero-order chi connectivity index (χ0) is 16.6. The Labute approximate surface area is 142 Å². The van der Waals surface area contributed by atoms with Gasteiger partial charge in [-0.05, 0) is 37.7 Å². The summed E-state index contributed by atoms with van der Waals surface area (Å²) in [7, 11) is 1.97. The molecule has 0 spiro atoms. The quantitative estimate of drug-likeness (QED) is 0.908. The number of aryl methyl sites for hydroxylation is 1. The largest absolute Gasteiger partial charge is 0.337 e. The standard InChI is InChI=1S/C19H24N4O/c1-23-17-9-5-8-16(15(17)12-21-23)22-18(24)20-13-19(10-11-19)14-6-3-2-4-7-14/h2-4,6-7,12,16H,5,8-11,13H2,1H3,(H2,20,22,24)/t16-/m1/s1. The molecule has 2 aliphatic rings. The number of nitrogens with one attached hydrogen (secondary N) is 2. The van der Waals surface area contributed by atoms with Crippen molar-refractivity contribution in [1.29, 1.82) is 0 Å². The molecule has 5 heteroatoms. The minimum atomic E-state index is -0.0705. The van der Waals surface area contributed by atoms with E-state index >= 15 is 0 Å². The molecule has 1 heterocycles. The number of rotatable bonds is 4. The third-order valence-electron chi connectivity index (χ3n) is 5.51. The van der Waals surface area contributed by atoms with E-state index in [1.165, 1.54) is 16.8 Å². The van der Waals surface area contributed by atoms with Crippen LogP contribution in [0.2, 0.25) is 0 Å². The molecular formula is C19H24N4O. The monoisotopic (exact) mass is 324 g/mol. The van der Waals surface area contributed by atoms with Crippen LogP contribution in [0.25, 0.3) is 0 Å². The minimum absolute atomic E-state index is 0.0705. The molecule has 0 saturated heterocycles.